The lowest BCUT2D eigenvalue weighted by Gasteiger charge is -2.11. The van der Waals surface area contributed by atoms with E-state index in [0.717, 1.165) is 36.8 Å². The molecule has 1 aromatic heterocycles. The zero-order chi connectivity index (χ0) is 13.0. The summed E-state index contributed by atoms with van der Waals surface area (Å²) in [7, 11) is 0. The van der Waals surface area contributed by atoms with Crippen LogP contribution in [0.5, 0.6) is 0 Å². The molecule has 5 nitrogen and oxygen atoms in total. The highest BCUT2D eigenvalue weighted by Gasteiger charge is 2.28. The number of H-pyrrole nitrogens is 1. The zero-order valence-corrected chi connectivity index (χ0v) is 11.9. The van der Waals surface area contributed by atoms with Crippen molar-refractivity contribution in [1.82, 2.24) is 20.1 Å². The summed E-state index contributed by atoms with van der Waals surface area (Å²) in [5, 5.41) is 10.9. The molecular weight excluding hydrogens is 248 g/mol. The Morgan fingerprint density at radius 1 is 1.61 bits per heavy atom. The van der Waals surface area contributed by atoms with Crippen molar-refractivity contribution in [2.24, 2.45) is 5.92 Å². The van der Waals surface area contributed by atoms with Crippen LogP contribution in [0.2, 0.25) is 0 Å². The maximum absolute atomic E-state index is 11.6. The summed E-state index contributed by atoms with van der Waals surface area (Å²) in [4.78, 5) is 11.6. The number of aromatic amines is 1. The monoisotopic (exact) mass is 270 g/mol. The molecule has 0 radical (unpaired) electrons. The molecule has 0 aromatic carbocycles. The van der Waals surface area contributed by atoms with Gasteiger partial charge in [-0.05, 0) is 38.3 Å². The van der Waals surface area contributed by atoms with E-state index in [4.69, 9.17) is 0 Å². The van der Waals surface area contributed by atoms with Gasteiger partial charge < -0.3 is 5.32 Å². The maximum atomic E-state index is 11.6. The topological polar surface area (TPSA) is 62.7 Å². The lowest BCUT2D eigenvalue weighted by Crippen LogP contribution is -2.23. The van der Waals surface area contributed by atoms with E-state index in [2.05, 4.69) is 29.4 Å². The molecule has 18 heavy (non-hydrogen) atoms. The first-order valence-electron chi connectivity index (χ1n) is 6.72. The fourth-order valence-corrected chi connectivity index (χ4v) is 2.88. The molecule has 1 unspecified atom stereocenters. The van der Waals surface area contributed by atoms with Crippen molar-refractivity contribution in [2.75, 3.05) is 18.8 Å². The molecular formula is C12H22N4OS. The van der Waals surface area contributed by atoms with E-state index >= 15 is 0 Å². The van der Waals surface area contributed by atoms with Gasteiger partial charge in [0.05, 0.1) is 0 Å². The molecule has 2 N–H and O–H groups in total. The van der Waals surface area contributed by atoms with E-state index in [0.29, 0.717) is 12.0 Å². The minimum absolute atomic E-state index is 0.0586. The van der Waals surface area contributed by atoms with Crippen LogP contribution in [-0.4, -0.2) is 33.6 Å². The number of nitrogens with one attached hydrogen (secondary N) is 2. The van der Waals surface area contributed by atoms with E-state index in [-0.39, 0.29) is 5.69 Å². The summed E-state index contributed by atoms with van der Waals surface area (Å²) in [6.07, 6.45) is 3.39. The molecule has 1 aromatic rings. The van der Waals surface area contributed by atoms with Gasteiger partial charge in [-0.1, -0.05) is 25.6 Å². The van der Waals surface area contributed by atoms with Gasteiger partial charge in [0.25, 0.3) is 0 Å². The average Bonchev–Trinajstić information content (AvgIpc) is 3.11. The lowest BCUT2D eigenvalue weighted by atomic mass is 10.2. The highest BCUT2D eigenvalue weighted by Crippen LogP contribution is 2.36. The van der Waals surface area contributed by atoms with Crippen LogP contribution in [0, 0.1) is 5.92 Å². The Balaban J connectivity index is 1.81. The SMILES string of the molecule is CCCNCC(C)CSc1n[nH]c(=O)n1C1CC1. The van der Waals surface area contributed by atoms with Crippen molar-refractivity contribution in [3.05, 3.63) is 10.5 Å². The average molecular weight is 270 g/mol. The molecule has 0 spiro atoms. The smallest absolute Gasteiger partial charge is 0.316 e. The molecule has 0 saturated heterocycles. The highest BCUT2D eigenvalue weighted by molar-refractivity contribution is 7.99. The molecule has 102 valence electrons. The molecule has 1 atom stereocenters. The Kier molecular flexibility index (Phi) is 4.88. The number of rotatable bonds is 8. The first-order chi connectivity index (χ1) is 8.72. The summed E-state index contributed by atoms with van der Waals surface area (Å²) in [5.41, 5.74) is -0.0586. The summed E-state index contributed by atoms with van der Waals surface area (Å²) in [6.45, 7) is 6.50. The van der Waals surface area contributed by atoms with Crippen molar-refractivity contribution in [3.63, 3.8) is 0 Å². The molecule has 0 amide bonds. The zero-order valence-electron chi connectivity index (χ0n) is 11.1. The van der Waals surface area contributed by atoms with E-state index in [1.807, 2.05) is 4.57 Å². The van der Waals surface area contributed by atoms with Crippen molar-refractivity contribution >= 4 is 11.8 Å². The molecule has 1 aliphatic rings. The first-order valence-corrected chi connectivity index (χ1v) is 7.71. The fourth-order valence-electron chi connectivity index (χ4n) is 1.85. The molecule has 1 heterocycles. The quantitative estimate of drug-likeness (QED) is 0.557. The molecule has 6 heteroatoms. The van der Waals surface area contributed by atoms with Crippen LogP contribution in [-0.2, 0) is 0 Å². The van der Waals surface area contributed by atoms with Crippen molar-refractivity contribution < 1.29 is 0 Å². The summed E-state index contributed by atoms with van der Waals surface area (Å²) >= 11 is 1.68. The Hall–Kier alpha value is -0.750. The van der Waals surface area contributed by atoms with Crippen LogP contribution in [0.3, 0.4) is 0 Å². The van der Waals surface area contributed by atoms with E-state index in [1.54, 1.807) is 11.8 Å². The standard InChI is InChI=1S/C12H22N4OS/c1-3-6-13-7-9(2)8-18-12-15-14-11(17)16(12)10-4-5-10/h9-10,13H,3-8H2,1-2H3,(H,14,17). The number of nitrogens with zero attached hydrogens (tertiary/aromatic N) is 2. The van der Waals surface area contributed by atoms with E-state index in [9.17, 15) is 4.79 Å². The lowest BCUT2D eigenvalue weighted by molar-refractivity contribution is 0.555. The number of hydrogen-bond acceptors (Lipinski definition) is 4. The van der Waals surface area contributed by atoms with E-state index < -0.39 is 0 Å². The summed E-state index contributed by atoms with van der Waals surface area (Å²) < 4.78 is 1.82. The van der Waals surface area contributed by atoms with E-state index in [1.165, 1.54) is 6.42 Å². The highest BCUT2D eigenvalue weighted by atomic mass is 32.2. The van der Waals surface area contributed by atoms with Crippen molar-refractivity contribution in [2.45, 2.75) is 44.3 Å². The van der Waals surface area contributed by atoms with Crippen LogP contribution >= 0.6 is 11.8 Å². The molecule has 1 aliphatic carbocycles. The molecule has 2 rings (SSSR count). The Bertz CT molecular complexity index is 424. The third-order valence-electron chi connectivity index (χ3n) is 3.00. The molecule has 1 fully saturated rings. The third-order valence-corrected chi connectivity index (χ3v) is 4.28. The predicted octanol–water partition coefficient (Wildman–Crippen LogP) is 1.63. The van der Waals surface area contributed by atoms with Gasteiger partial charge in [-0.3, -0.25) is 4.57 Å². The van der Waals surface area contributed by atoms with Crippen LogP contribution < -0.4 is 11.0 Å². The number of hydrogen-bond donors (Lipinski definition) is 2. The van der Waals surface area contributed by atoms with Crippen molar-refractivity contribution in [1.29, 1.82) is 0 Å². The van der Waals surface area contributed by atoms with Crippen LogP contribution in [0.4, 0.5) is 0 Å². The van der Waals surface area contributed by atoms with Gasteiger partial charge >= 0.3 is 5.69 Å². The van der Waals surface area contributed by atoms with Gasteiger partial charge in [0.15, 0.2) is 5.16 Å². The minimum Gasteiger partial charge on any atom is -0.316 e. The van der Waals surface area contributed by atoms with Crippen LogP contribution in [0.1, 0.15) is 39.2 Å². The minimum atomic E-state index is -0.0586. The largest absolute Gasteiger partial charge is 0.344 e. The summed E-state index contributed by atoms with van der Waals surface area (Å²) in [6, 6.07) is 0.396. The fraction of sp³-hybridized carbons (Fsp3) is 0.833. The predicted molar refractivity (Wildman–Crippen MR) is 74.2 cm³/mol. The van der Waals surface area contributed by atoms with Gasteiger partial charge in [0.1, 0.15) is 0 Å². The first kappa shape index (κ1) is 13.7. The van der Waals surface area contributed by atoms with Gasteiger partial charge in [0, 0.05) is 11.8 Å². The van der Waals surface area contributed by atoms with Gasteiger partial charge in [0.2, 0.25) is 0 Å². The Morgan fingerprint density at radius 2 is 2.39 bits per heavy atom. The Morgan fingerprint density at radius 3 is 3.06 bits per heavy atom. The second kappa shape index (κ2) is 6.43. The summed E-state index contributed by atoms with van der Waals surface area (Å²) in [5.74, 6) is 1.58. The van der Waals surface area contributed by atoms with Crippen LogP contribution in [0.25, 0.3) is 0 Å². The van der Waals surface area contributed by atoms with Gasteiger partial charge in [-0.25, -0.2) is 9.89 Å². The van der Waals surface area contributed by atoms with Gasteiger partial charge in [-0.15, -0.1) is 5.10 Å². The van der Waals surface area contributed by atoms with Gasteiger partial charge in [-0.2, -0.15) is 0 Å². The molecule has 0 aliphatic heterocycles. The van der Waals surface area contributed by atoms with Crippen LogP contribution in [0.15, 0.2) is 9.95 Å². The number of thioether (sulfide) groups is 1. The number of aromatic nitrogens is 3. The normalized spacial score (nSPS) is 17.0. The second-order valence-corrected chi connectivity index (χ2v) is 6.02. The third kappa shape index (κ3) is 3.62. The molecule has 0 bridgehead atoms. The van der Waals surface area contributed by atoms with Crippen molar-refractivity contribution in [3.8, 4) is 0 Å². The Labute approximate surface area is 112 Å². The maximum Gasteiger partial charge on any atom is 0.344 e. The second-order valence-electron chi connectivity index (χ2n) is 5.03. The molecule has 1 saturated carbocycles.